The maximum Gasteiger partial charge on any atom is 0.313 e. The molecule has 2 rings (SSSR count). The van der Waals surface area contributed by atoms with Crippen LogP contribution in [-0.2, 0) is 22.4 Å². The van der Waals surface area contributed by atoms with Gasteiger partial charge in [0.25, 0.3) is 0 Å². The summed E-state index contributed by atoms with van der Waals surface area (Å²) in [5.74, 6) is -2.62. The van der Waals surface area contributed by atoms with Crippen LogP contribution in [0.5, 0.6) is 0 Å². The number of carbonyl (C=O) groups excluding carboxylic acids is 2. The molecule has 3 nitrogen and oxygen atoms in total. The molecule has 0 fully saturated rings. The van der Waals surface area contributed by atoms with Crippen molar-refractivity contribution < 1.29 is 23.1 Å². The van der Waals surface area contributed by atoms with Gasteiger partial charge in [-0.15, -0.1) is 0 Å². The van der Waals surface area contributed by atoms with E-state index in [1.54, 1.807) is 19.1 Å². The second-order valence-electron chi connectivity index (χ2n) is 5.75. The lowest BCUT2D eigenvalue weighted by molar-refractivity contribution is -0.141. The van der Waals surface area contributed by atoms with Crippen molar-refractivity contribution in [3.8, 4) is 0 Å². The first-order chi connectivity index (χ1) is 12.4. The quantitative estimate of drug-likeness (QED) is 0.389. The first-order valence-corrected chi connectivity index (χ1v) is 8.68. The fourth-order valence-electron chi connectivity index (χ4n) is 2.70. The van der Waals surface area contributed by atoms with Crippen LogP contribution in [0.3, 0.4) is 0 Å². The molecule has 0 aliphatic carbocycles. The van der Waals surface area contributed by atoms with E-state index < -0.39 is 29.8 Å². The Hall–Kier alpha value is -2.27. The maximum atomic E-state index is 14.3. The van der Waals surface area contributed by atoms with Crippen molar-refractivity contribution in [3.05, 3.63) is 69.2 Å². The molecule has 2 aromatic carbocycles. The van der Waals surface area contributed by atoms with Gasteiger partial charge in [0.2, 0.25) is 0 Å². The van der Waals surface area contributed by atoms with Crippen molar-refractivity contribution in [3.63, 3.8) is 0 Å². The Balaban J connectivity index is 2.38. The van der Waals surface area contributed by atoms with E-state index in [9.17, 15) is 18.4 Å². The summed E-state index contributed by atoms with van der Waals surface area (Å²) in [6, 6.07) is 7.30. The molecule has 0 saturated heterocycles. The van der Waals surface area contributed by atoms with Gasteiger partial charge in [0.05, 0.1) is 17.2 Å². The van der Waals surface area contributed by atoms with Crippen LogP contribution < -0.4 is 0 Å². The second-order valence-corrected chi connectivity index (χ2v) is 6.16. The van der Waals surface area contributed by atoms with Crippen LogP contribution in [0.25, 0.3) is 0 Å². The lowest BCUT2D eigenvalue weighted by Gasteiger charge is -2.13. The van der Waals surface area contributed by atoms with Crippen LogP contribution in [-0.4, -0.2) is 18.4 Å². The largest absolute Gasteiger partial charge is 0.466 e. The summed E-state index contributed by atoms with van der Waals surface area (Å²) in [6.45, 7) is 3.60. The highest BCUT2D eigenvalue weighted by molar-refractivity contribution is 6.30. The molecule has 0 aliphatic heterocycles. The molecule has 0 radical (unpaired) electrons. The molecule has 0 aliphatic rings. The fourth-order valence-corrected chi connectivity index (χ4v) is 2.89. The minimum Gasteiger partial charge on any atom is -0.466 e. The first-order valence-electron chi connectivity index (χ1n) is 8.30. The molecule has 0 atom stereocenters. The number of hydrogen-bond acceptors (Lipinski definition) is 3. The van der Waals surface area contributed by atoms with Gasteiger partial charge in [-0.05, 0) is 48.2 Å². The van der Waals surface area contributed by atoms with Gasteiger partial charge in [-0.1, -0.05) is 30.7 Å². The number of Topliss-reactive ketones (excluding diaryl/α,β-unsaturated/α-hetero) is 1. The average molecular weight is 381 g/mol. The van der Waals surface area contributed by atoms with Gasteiger partial charge < -0.3 is 4.74 Å². The number of carbonyl (C=O) groups is 2. The van der Waals surface area contributed by atoms with E-state index in [0.29, 0.717) is 23.1 Å². The Labute approximate surface area is 155 Å². The molecule has 0 aromatic heterocycles. The summed E-state index contributed by atoms with van der Waals surface area (Å²) >= 11 is 5.81. The normalized spacial score (nSPS) is 10.7. The van der Waals surface area contributed by atoms with Crippen LogP contribution in [0, 0.1) is 11.6 Å². The Kier molecular flexibility index (Phi) is 6.86. The van der Waals surface area contributed by atoms with Crippen molar-refractivity contribution in [2.45, 2.75) is 33.1 Å². The third-order valence-electron chi connectivity index (χ3n) is 3.99. The number of benzene rings is 2. The zero-order chi connectivity index (χ0) is 19.3. The molecule has 6 heteroatoms. The van der Waals surface area contributed by atoms with E-state index in [2.05, 4.69) is 0 Å². The van der Waals surface area contributed by atoms with Gasteiger partial charge >= 0.3 is 5.97 Å². The topological polar surface area (TPSA) is 43.4 Å². The predicted molar refractivity (Wildman–Crippen MR) is 95.6 cm³/mol. The summed E-state index contributed by atoms with van der Waals surface area (Å²) in [7, 11) is 0. The zero-order valence-corrected chi connectivity index (χ0v) is 15.3. The molecule has 0 unspecified atom stereocenters. The smallest absolute Gasteiger partial charge is 0.313 e. The Bertz CT molecular complexity index is 834. The Morgan fingerprint density at radius 2 is 1.81 bits per heavy atom. The number of halogens is 3. The van der Waals surface area contributed by atoms with Gasteiger partial charge in [0.15, 0.2) is 5.78 Å². The second kappa shape index (κ2) is 8.90. The number of aryl methyl sites for hydroxylation is 1. The van der Waals surface area contributed by atoms with E-state index >= 15 is 0 Å². The summed E-state index contributed by atoms with van der Waals surface area (Å²) in [5.41, 5.74) is 1.42. The molecule has 0 bridgehead atoms. The fraction of sp³-hybridized carbons (Fsp3) is 0.300. The van der Waals surface area contributed by atoms with Crippen molar-refractivity contribution in [2.24, 2.45) is 0 Å². The summed E-state index contributed by atoms with van der Waals surface area (Å²) in [6.07, 6.45) is 0.136. The van der Waals surface area contributed by atoms with Crippen molar-refractivity contribution in [1.82, 2.24) is 0 Å². The number of ether oxygens (including phenoxy) is 1. The van der Waals surface area contributed by atoms with E-state index in [1.165, 1.54) is 18.2 Å². The van der Waals surface area contributed by atoms with Crippen LogP contribution in [0.2, 0.25) is 5.02 Å². The van der Waals surface area contributed by atoms with Gasteiger partial charge in [-0.3, -0.25) is 9.59 Å². The summed E-state index contributed by atoms with van der Waals surface area (Å²) in [5, 5.41) is 0.00118. The Morgan fingerprint density at radius 1 is 1.08 bits per heavy atom. The highest BCUT2D eigenvalue weighted by atomic mass is 35.5. The van der Waals surface area contributed by atoms with Crippen molar-refractivity contribution >= 4 is 23.4 Å². The van der Waals surface area contributed by atoms with Crippen LogP contribution in [0.4, 0.5) is 8.78 Å². The molecule has 0 heterocycles. The van der Waals surface area contributed by atoms with E-state index in [-0.39, 0.29) is 23.6 Å². The van der Waals surface area contributed by atoms with Gasteiger partial charge in [-0.25, -0.2) is 8.78 Å². The minimum atomic E-state index is -0.709. The van der Waals surface area contributed by atoms with Crippen LogP contribution >= 0.6 is 11.6 Å². The molecular formula is C20H19ClF2O3. The SMILES string of the molecule is CCOC(=O)CC(=O)c1cc(Cc2cccc(Cl)c2F)c(CC)cc1F. The third kappa shape index (κ3) is 4.67. The van der Waals surface area contributed by atoms with Crippen molar-refractivity contribution in [2.75, 3.05) is 6.61 Å². The molecule has 0 saturated carbocycles. The summed E-state index contributed by atoms with van der Waals surface area (Å²) < 4.78 is 33.2. The number of rotatable bonds is 7. The summed E-state index contributed by atoms with van der Waals surface area (Å²) in [4.78, 5) is 23.7. The minimum absolute atomic E-state index is 0.00118. The van der Waals surface area contributed by atoms with Gasteiger partial charge in [0.1, 0.15) is 18.1 Å². The lowest BCUT2D eigenvalue weighted by Crippen LogP contribution is -2.13. The standard InChI is InChI=1S/C20H19ClF2O3/c1-3-12-10-17(22)15(18(24)11-19(25)26-4-2)9-14(12)8-13-6-5-7-16(21)20(13)23/h5-7,9-10H,3-4,8,11H2,1-2H3. The first kappa shape index (κ1) is 20.0. The molecular weight excluding hydrogens is 362 g/mol. The molecule has 138 valence electrons. The van der Waals surface area contributed by atoms with Crippen LogP contribution in [0.1, 0.15) is 47.3 Å². The van der Waals surface area contributed by atoms with Crippen LogP contribution in [0.15, 0.2) is 30.3 Å². The molecule has 0 amide bonds. The van der Waals surface area contributed by atoms with E-state index in [1.807, 2.05) is 6.92 Å². The molecule has 2 aromatic rings. The molecule has 26 heavy (non-hydrogen) atoms. The van der Waals surface area contributed by atoms with Crippen molar-refractivity contribution in [1.29, 1.82) is 0 Å². The van der Waals surface area contributed by atoms with Gasteiger partial charge in [-0.2, -0.15) is 0 Å². The maximum absolute atomic E-state index is 14.3. The number of ketones is 1. The monoisotopic (exact) mass is 380 g/mol. The van der Waals surface area contributed by atoms with Gasteiger partial charge in [0, 0.05) is 6.42 Å². The number of hydrogen-bond donors (Lipinski definition) is 0. The molecule has 0 N–H and O–H groups in total. The third-order valence-corrected chi connectivity index (χ3v) is 4.29. The highest BCUT2D eigenvalue weighted by Crippen LogP contribution is 2.25. The molecule has 0 spiro atoms. The lowest BCUT2D eigenvalue weighted by atomic mass is 9.93. The predicted octanol–water partition coefficient (Wildman–Crippen LogP) is 4.91. The Morgan fingerprint density at radius 3 is 2.46 bits per heavy atom. The highest BCUT2D eigenvalue weighted by Gasteiger charge is 2.19. The zero-order valence-electron chi connectivity index (χ0n) is 14.6. The van der Waals surface area contributed by atoms with E-state index in [4.69, 9.17) is 16.3 Å². The van der Waals surface area contributed by atoms with E-state index in [0.717, 1.165) is 0 Å². The number of esters is 1. The average Bonchev–Trinajstić information content (AvgIpc) is 2.60.